The van der Waals surface area contributed by atoms with Gasteiger partial charge in [0, 0.05) is 16.7 Å². The number of rotatable bonds is 4. The summed E-state index contributed by atoms with van der Waals surface area (Å²) in [6, 6.07) is 17.7. The molecule has 0 spiro atoms. The predicted molar refractivity (Wildman–Crippen MR) is 98.2 cm³/mol. The topological polar surface area (TPSA) is 65.0 Å². The first-order chi connectivity index (χ1) is 13.6. The number of hydrogen-bond donors (Lipinski definition) is 1. The first-order valence-electron chi connectivity index (χ1n) is 8.71. The minimum atomic E-state index is -0.620. The van der Waals surface area contributed by atoms with E-state index in [1.54, 1.807) is 0 Å². The van der Waals surface area contributed by atoms with Crippen molar-refractivity contribution in [3.8, 4) is 11.5 Å². The Morgan fingerprint density at radius 1 is 1.11 bits per heavy atom. The maximum Gasteiger partial charge on any atom is 0.338 e. The van der Waals surface area contributed by atoms with Crippen LogP contribution in [0.15, 0.2) is 66.7 Å². The molecule has 0 radical (unpaired) electrons. The first kappa shape index (κ1) is 18.0. The number of fused-ring (bicyclic) bond motifs is 1. The lowest BCUT2D eigenvalue weighted by atomic mass is 10.1. The van der Waals surface area contributed by atoms with Crippen molar-refractivity contribution in [2.45, 2.75) is 19.5 Å². The Hall–Kier alpha value is -3.38. The first-order valence-corrected chi connectivity index (χ1v) is 8.71. The van der Waals surface area contributed by atoms with E-state index in [4.69, 9.17) is 14.2 Å². The van der Waals surface area contributed by atoms with E-state index in [1.807, 2.05) is 30.3 Å². The van der Waals surface area contributed by atoms with Gasteiger partial charge in [0.25, 0.3) is 0 Å². The Morgan fingerprint density at radius 3 is 2.61 bits per heavy atom. The fourth-order valence-electron chi connectivity index (χ4n) is 2.98. The Balaban J connectivity index is 1.54. The molecule has 1 aliphatic heterocycles. The lowest BCUT2D eigenvalue weighted by Crippen LogP contribution is -2.20. The summed E-state index contributed by atoms with van der Waals surface area (Å²) in [6.45, 7) is 0.0346. The lowest BCUT2D eigenvalue weighted by Gasteiger charge is -2.28. The van der Waals surface area contributed by atoms with Crippen LogP contribution in [0.1, 0.15) is 33.3 Å². The van der Waals surface area contributed by atoms with Gasteiger partial charge in [-0.3, -0.25) is 0 Å². The average Bonchev–Trinajstić information content (AvgIpc) is 2.72. The van der Waals surface area contributed by atoms with Gasteiger partial charge in [-0.15, -0.1) is 0 Å². The highest BCUT2D eigenvalue weighted by Gasteiger charge is 2.25. The fourth-order valence-corrected chi connectivity index (χ4v) is 2.98. The zero-order chi connectivity index (χ0) is 19.5. The van der Waals surface area contributed by atoms with Crippen LogP contribution in [0.4, 0.5) is 4.39 Å². The van der Waals surface area contributed by atoms with Gasteiger partial charge in [-0.1, -0.05) is 30.3 Å². The molecule has 142 valence electrons. The lowest BCUT2D eigenvalue weighted by molar-refractivity contribution is -0.112. The zero-order valence-corrected chi connectivity index (χ0v) is 14.8. The van der Waals surface area contributed by atoms with Crippen LogP contribution in [-0.4, -0.2) is 11.1 Å². The molecule has 0 aliphatic carbocycles. The minimum Gasteiger partial charge on any atom is -0.508 e. The highest BCUT2D eigenvalue weighted by molar-refractivity contribution is 5.89. The third-order valence-corrected chi connectivity index (χ3v) is 4.36. The molecule has 0 fully saturated rings. The highest BCUT2D eigenvalue weighted by Crippen LogP contribution is 2.36. The van der Waals surface area contributed by atoms with Gasteiger partial charge in [0.05, 0.1) is 12.2 Å². The number of ether oxygens (including phenoxy) is 3. The van der Waals surface area contributed by atoms with Gasteiger partial charge in [-0.25, -0.2) is 9.18 Å². The van der Waals surface area contributed by atoms with Crippen LogP contribution in [0.3, 0.4) is 0 Å². The van der Waals surface area contributed by atoms with Gasteiger partial charge in [-0.2, -0.15) is 0 Å². The number of halogens is 1. The molecule has 4 rings (SSSR count). The quantitative estimate of drug-likeness (QED) is 0.676. The van der Waals surface area contributed by atoms with Gasteiger partial charge >= 0.3 is 5.97 Å². The number of phenols is 1. The maximum absolute atomic E-state index is 14.0. The molecule has 1 heterocycles. The van der Waals surface area contributed by atoms with Crippen LogP contribution in [-0.2, 0) is 22.7 Å². The Kier molecular flexibility index (Phi) is 4.95. The molecule has 6 heteroatoms. The van der Waals surface area contributed by atoms with Crippen molar-refractivity contribution in [2.24, 2.45) is 0 Å². The Labute approximate surface area is 160 Å². The third kappa shape index (κ3) is 3.82. The van der Waals surface area contributed by atoms with E-state index in [0.29, 0.717) is 16.9 Å². The number of carbonyl (C=O) groups excluding carboxylic acids is 1. The number of hydrogen-bond acceptors (Lipinski definition) is 5. The summed E-state index contributed by atoms with van der Waals surface area (Å²) in [5.41, 5.74) is 2.10. The van der Waals surface area contributed by atoms with Crippen molar-refractivity contribution in [1.29, 1.82) is 0 Å². The number of benzene rings is 3. The van der Waals surface area contributed by atoms with E-state index in [1.165, 1.54) is 36.4 Å². The van der Waals surface area contributed by atoms with Crippen molar-refractivity contribution in [1.82, 2.24) is 0 Å². The van der Waals surface area contributed by atoms with E-state index in [-0.39, 0.29) is 24.5 Å². The van der Waals surface area contributed by atoms with Gasteiger partial charge in [0.15, 0.2) is 0 Å². The van der Waals surface area contributed by atoms with Crippen LogP contribution >= 0.6 is 0 Å². The van der Waals surface area contributed by atoms with Gasteiger partial charge in [0.2, 0.25) is 6.29 Å². The summed E-state index contributed by atoms with van der Waals surface area (Å²) >= 11 is 0. The van der Waals surface area contributed by atoms with Crippen LogP contribution in [0.5, 0.6) is 11.5 Å². The smallest absolute Gasteiger partial charge is 0.338 e. The van der Waals surface area contributed by atoms with Crippen LogP contribution in [0.25, 0.3) is 0 Å². The predicted octanol–water partition coefficient (Wildman–Crippen LogP) is 4.50. The molecule has 0 unspecified atom stereocenters. The van der Waals surface area contributed by atoms with E-state index in [2.05, 4.69) is 0 Å². The van der Waals surface area contributed by atoms with Crippen molar-refractivity contribution in [2.75, 3.05) is 0 Å². The van der Waals surface area contributed by atoms with Gasteiger partial charge < -0.3 is 19.3 Å². The molecule has 3 aromatic carbocycles. The summed E-state index contributed by atoms with van der Waals surface area (Å²) in [5.74, 6) is -0.527. The maximum atomic E-state index is 14.0. The third-order valence-electron chi connectivity index (χ3n) is 4.36. The molecule has 1 atom stereocenters. The molecular weight excluding hydrogens is 363 g/mol. The van der Waals surface area contributed by atoms with Gasteiger partial charge in [0.1, 0.15) is 23.9 Å². The second-order valence-electron chi connectivity index (χ2n) is 6.35. The molecule has 0 saturated heterocycles. The van der Waals surface area contributed by atoms with E-state index in [9.17, 15) is 14.3 Å². The van der Waals surface area contributed by atoms with E-state index >= 15 is 0 Å². The molecule has 3 aromatic rings. The second-order valence-corrected chi connectivity index (χ2v) is 6.35. The average molecular weight is 380 g/mol. The minimum absolute atomic E-state index is 0.0519. The van der Waals surface area contributed by atoms with Crippen molar-refractivity contribution < 1.29 is 28.5 Å². The number of carbonyl (C=O) groups is 1. The molecular formula is C22H17FO5. The normalized spacial score (nSPS) is 15.4. The van der Waals surface area contributed by atoms with Crippen LogP contribution in [0.2, 0.25) is 0 Å². The molecule has 0 aromatic heterocycles. The fraction of sp³-hybridized carbons (Fsp3) is 0.136. The molecule has 1 aliphatic rings. The molecule has 0 bridgehead atoms. The summed E-state index contributed by atoms with van der Waals surface area (Å²) < 4.78 is 30.9. The monoisotopic (exact) mass is 380 g/mol. The SMILES string of the molecule is O=C(OCc1cc(F)cc2c1O[C@H](c1ccccc1)OC2)c1ccc(O)cc1. The Morgan fingerprint density at radius 2 is 1.86 bits per heavy atom. The van der Waals surface area contributed by atoms with Crippen molar-refractivity contribution >= 4 is 5.97 Å². The molecule has 0 amide bonds. The second kappa shape index (κ2) is 7.70. The summed E-state index contributed by atoms with van der Waals surface area (Å²) in [5, 5.41) is 9.31. The highest BCUT2D eigenvalue weighted by atomic mass is 19.1. The largest absolute Gasteiger partial charge is 0.508 e. The van der Waals surface area contributed by atoms with Crippen LogP contribution in [0, 0.1) is 5.82 Å². The number of aromatic hydroxyl groups is 1. The molecule has 0 saturated carbocycles. The molecule has 28 heavy (non-hydrogen) atoms. The standard InChI is InChI=1S/C22H17FO5/c23-18-10-16(12-26-21(25)14-6-8-19(24)9-7-14)20-17(11-18)13-27-22(28-20)15-4-2-1-3-5-15/h1-11,22,24H,12-13H2/t22-/m1/s1. The van der Waals surface area contributed by atoms with Crippen LogP contribution < -0.4 is 4.74 Å². The number of phenolic OH excluding ortho intramolecular Hbond substituents is 1. The summed E-state index contributed by atoms with van der Waals surface area (Å²) in [7, 11) is 0. The summed E-state index contributed by atoms with van der Waals surface area (Å²) in [6.07, 6.45) is -0.620. The van der Waals surface area contributed by atoms with Crippen molar-refractivity contribution in [3.63, 3.8) is 0 Å². The van der Waals surface area contributed by atoms with E-state index < -0.39 is 18.1 Å². The number of esters is 1. The molecule has 5 nitrogen and oxygen atoms in total. The zero-order valence-electron chi connectivity index (χ0n) is 14.8. The Bertz CT molecular complexity index is 986. The van der Waals surface area contributed by atoms with Gasteiger partial charge in [-0.05, 0) is 36.4 Å². The molecule has 1 N–H and O–H groups in total. The van der Waals surface area contributed by atoms with E-state index in [0.717, 1.165) is 5.56 Å². The summed E-state index contributed by atoms with van der Waals surface area (Å²) in [4.78, 5) is 12.2. The van der Waals surface area contributed by atoms with Crippen molar-refractivity contribution in [3.05, 3.63) is 94.8 Å².